The zero-order valence-electron chi connectivity index (χ0n) is 15.0. The van der Waals surface area contributed by atoms with E-state index >= 15 is 0 Å². The van der Waals surface area contributed by atoms with E-state index in [9.17, 15) is 14.4 Å². The summed E-state index contributed by atoms with van der Waals surface area (Å²) in [6.07, 6.45) is 1.60. The van der Waals surface area contributed by atoms with Gasteiger partial charge in [0.2, 0.25) is 0 Å². The molecule has 0 spiro atoms. The molecule has 0 saturated carbocycles. The van der Waals surface area contributed by atoms with Gasteiger partial charge < -0.3 is 14.6 Å². The second kappa shape index (κ2) is 8.62. The van der Waals surface area contributed by atoms with E-state index in [0.29, 0.717) is 16.2 Å². The minimum Gasteiger partial charge on any atom is -0.493 e. The van der Waals surface area contributed by atoms with Crippen molar-refractivity contribution in [3.63, 3.8) is 0 Å². The van der Waals surface area contributed by atoms with Gasteiger partial charge in [0.25, 0.3) is 11.1 Å². The molecule has 2 aromatic rings. The molecular weight excluding hydrogens is 382 g/mol. The average Bonchev–Trinajstić information content (AvgIpc) is 2.95. The lowest BCUT2D eigenvalue weighted by atomic mass is 10.1. The predicted octanol–water partition coefficient (Wildman–Crippen LogP) is 3.40. The number of rotatable bonds is 7. The molecule has 0 aromatic heterocycles. The van der Waals surface area contributed by atoms with Gasteiger partial charge in [-0.2, -0.15) is 0 Å². The smallest absolute Gasteiger partial charge is 0.341 e. The minimum atomic E-state index is -1.10. The maximum atomic E-state index is 12.6. The Labute approximate surface area is 165 Å². The Morgan fingerprint density at radius 2 is 1.89 bits per heavy atom. The van der Waals surface area contributed by atoms with Gasteiger partial charge >= 0.3 is 5.97 Å². The number of hydrogen-bond acceptors (Lipinski definition) is 6. The van der Waals surface area contributed by atoms with E-state index in [2.05, 4.69) is 0 Å². The maximum Gasteiger partial charge on any atom is 0.341 e. The normalized spacial score (nSPS) is 15.2. The first kappa shape index (κ1) is 19.5. The Bertz CT molecular complexity index is 941. The molecule has 2 aromatic carbocycles. The van der Waals surface area contributed by atoms with Gasteiger partial charge in [0.15, 0.2) is 18.1 Å². The number of methoxy groups -OCH3 is 1. The molecule has 8 heteroatoms. The van der Waals surface area contributed by atoms with Gasteiger partial charge in [-0.15, -0.1) is 0 Å². The van der Waals surface area contributed by atoms with Crippen LogP contribution in [0.25, 0.3) is 6.08 Å². The molecule has 0 radical (unpaired) electrons. The Morgan fingerprint density at radius 3 is 2.57 bits per heavy atom. The molecule has 1 heterocycles. The monoisotopic (exact) mass is 399 g/mol. The van der Waals surface area contributed by atoms with Crippen LogP contribution in [-0.4, -0.2) is 40.8 Å². The Kier molecular flexibility index (Phi) is 6.00. The third-order valence-electron chi connectivity index (χ3n) is 3.89. The number of ether oxygens (including phenoxy) is 2. The first-order valence-electron chi connectivity index (χ1n) is 8.30. The first-order chi connectivity index (χ1) is 13.5. The number of carbonyl (C=O) groups is 3. The molecule has 1 aliphatic rings. The van der Waals surface area contributed by atoms with Crippen LogP contribution in [0.1, 0.15) is 11.1 Å². The molecule has 28 heavy (non-hydrogen) atoms. The third-order valence-corrected chi connectivity index (χ3v) is 4.80. The summed E-state index contributed by atoms with van der Waals surface area (Å²) in [5.74, 6) is -0.847. The summed E-state index contributed by atoms with van der Waals surface area (Å²) < 4.78 is 10.4. The Hall–Kier alpha value is -3.26. The van der Waals surface area contributed by atoms with Crippen molar-refractivity contribution in [1.82, 2.24) is 4.90 Å². The van der Waals surface area contributed by atoms with E-state index in [-0.39, 0.29) is 23.4 Å². The summed E-state index contributed by atoms with van der Waals surface area (Å²) in [5, 5.41) is 8.39. The third kappa shape index (κ3) is 4.52. The molecule has 0 bridgehead atoms. The van der Waals surface area contributed by atoms with Crippen molar-refractivity contribution in [2.75, 3.05) is 13.7 Å². The maximum absolute atomic E-state index is 12.6. The van der Waals surface area contributed by atoms with Crippen LogP contribution in [0.5, 0.6) is 11.5 Å². The lowest BCUT2D eigenvalue weighted by Gasteiger charge is -2.12. The Morgan fingerprint density at radius 1 is 1.14 bits per heavy atom. The molecule has 2 amide bonds. The van der Waals surface area contributed by atoms with Crippen molar-refractivity contribution in [2.24, 2.45) is 0 Å². The Balaban J connectivity index is 1.78. The van der Waals surface area contributed by atoms with Crippen LogP contribution in [0.3, 0.4) is 0 Å². The summed E-state index contributed by atoms with van der Waals surface area (Å²) in [5.41, 5.74) is 1.50. The average molecular weight is 399 g/mol. The van der Waals surface area contributed by atoms with Crippen LogP contribution >= 0.6 is 11.8 Å². The number of carboxylic acids is 1. The van der Waals surface area contributed by atoms with Crippen molar-refractivity contribution < 1.29 is 29.0 Å². The van der Waals surface area contributed by atoms with Crippen molar-refractivity contribution in [3.05, 3.63) is 64.6 Å². The SMILES string of the molecule is COc1cc(/C=C2/SC(=O)N(Cc3ccccc3)C2=O)ccc1OCC(=O)O. The van der Waals surface area contributed by atoms with Crippen LogP contribution in [-0.2, 0) is 16.1 Å². The predicted molar refractivity (Wildman–Crippen MR) is 104 cm³/mol. The number of carbonyl (C=O) groups excluding carboxylic acids is 2. The van der Waals surface area contributed by atoms with Crippen LogP contribution < -0.4 is 9.47 Å². The second-order valence-corrected chi connectivity index (χ2v) is 6.84. The lowest BCUT2D eigenvalue weighted by Crippen LogP contribution is -2.27. The number of thioether (sulfide) groups is 1. The molecule has 0 aliphatic carbocycles. The van der Waals surface area contributed by atoms with Crippen LogP contribution in [0.15, 0.2) is 53.4 Å². The fourth-order valence-electron chi connectivity index (χ4n) is 2.59. The highest BCUT2D eigenvalue weighted by atomic mass is 32.2. The van der Waals surface area contributed by atoms with Gasteiger partial charge in [0, 0.05) is 0 Å². The summed E-state index contributed by atoms with van der Waals surface area (Å²) in [6.45, 7) is -0.276. The molecule has 1 N–H and O–H groups in total. The quantitative estimate of drug-likeness (QED) is 0.713. The molecule has 1 saturated heterocycles. The van der Waals surface area contributed by atoms with Gasteiger partial charge in [-0.3, -0.25) is 14.5 Å². The summed E-state index contributed by atoms with van der Waals surface area (Å²) in [6, 6.07) is 14.1. The number of benzene rings is 2. The zero-order valence-corrected chi connectivity index (χ0v) is 15.8. The van der Waals surface area contributed by atoms with Crippen molar-refractivity contribution in [2.45, 2.75) is 6.54 Å². The van der Waals surface area contributed by atoms with Crippen LogP contribution in [0, 0.1) is 0 Å². The van der Waals surface area contributed by atoms with Gasteiger partial charge in [-0.1, -0.05) is 36.4 Å². The summed E-state index contributed by atoms with van der Waals surface area (Å²) in [7, 11) is 1.43. The molecule has 3 rings (SSSR count). The van der Waals surface area contributed by atoms with E-state index in [1.54, 1.807) is 24.3 Å². The number of aliphatic carboxylic acids is 1. The number of imide groups is 1. The topological polar surface area (TPSA) is 93.1 Å². The molecule has 7 nitrogen and oxygen atoms in total. The number of amides is 2. The van der Waals surface area contributed by atoms with E-state index in [1.165, 1.54) is 12.0 Å². The largest absolute Gasteiger partial charge is 0.493 e. The van der Waals surface area contributed by atoms with E-state index < -0.39 is 12.6 Å². The second-order valence-electron chi connectivity index (χ2n) is 5.85. The molecule has 1 aliphatic heterocycles. The molecule has 0 unspecified atom stereocenters. The van der Waals surface area contributed by atoms with Gasteiger partial charge in [-0.05, 0) is 41.1 Å². The number of nitrogens with zero attached hydrogens (tertiary/aromatic N) is 1. The highest BCUT2D eigenvalue weighted by molar-refractivity contribution is 8.18. The molecular formula is C20H17NO6S. The van der Waals surface area contributed by atoms with Gasteiger partial charge in [0.1, 0.15) is 0 Å². The minimum absolute atomic E-state index is 0.216. The molecule has 1 fully saturated rings. The molecule has 144 valence electrons. The van der Waals surface area contributed by atoms with Crippen molar-refractivity contribution in [3.8, 4) is 11.5 Å². The van der Waals surface area contributed by atoms with E-state index in [4.69, 9.17) is 14.6 Å². The number of carboxylic acid groups (broad SMARTS) is 1. The first-order valence-corrected chi connectivity index (χ1v) is 9.11. The van der Waals surface area contributed by atoms with Gasteiger partial charge in [-0.25, -0.2) is 4.79 Å². The van der Waals surface area contributed by atoms with Crippen molar-refractivity contribution in [1.29, 1.82) is 0 Å². The van der Waals surface area contributed by atoms with E-state index in [1.807, 2.05) is 30.3 Å². The fraction of sp³-hybridized carbons (Fsp3) is 0.150. The van der Waals surface area contributed by atoms with Crippen LogP contribution in [0.2, 0.25) is 0 Å². The van der Waals surface area contributed by atoms with Crippen molar-refractivity contribution >= 4 is 35.0 Å². The van der Waals surface area contributed by atoms with Gasteiger partial charge in [0.05, 0.1) is 18.6 Å². The molecule has 0 atom stereocenters. The zero-order chi connectivity index (χ0) is 20.1. The fourth-order valence-corrected chi connectivity index (χ4v) is 3.42. The number of hydrogen-bond donors (Lipinski definition) is 1. The summed E-state index contributed by atoms with van der Waals surface area (Å²) in [4.78, 5) is 37.0. The van der Waals surface area contributed by atoms with Crippen LogP contribution in [0.4, 0.5) is 4.79 Å². The summed E-state index contributed by atoms with van der Waals surface area (Å²) >= 11 is 0.876. The lowest BCUT2D eigenvalue weighted by molar-refractivity contribution is -0.139. The highest BCUT2D eigenvalue weighted by Crippen LogP contribution is 2.35. The highest BCUT2D eigenvalue weighted by Gasteiger charge is 2.34. The standard InChI is InChI=1S/C20H17NO6S/c1-26-16-9-14(7-8-15(16)27-12-18(22)23)10-17-19(24)21(20(25)28-17)11-13-5-3-2-4-6-13/h2-10H,11-12H2,1H3,(H,22,23)/b17-10+. The van der Waals surface area contributed by atoms with E-state index in [0.717, 1.165) is 17.3 Å².